The van der Waals surface area contributed by atoms with Gasteiger partial charge in [0.15, 0.2) is 0 Å². The maximum atomic E-state index is 11.9. The summed E-state index contributed by atoms with van der Waals surface area (Å²) < 4.78 is 1.85. The summed E-state index contributed by atoms with van der Waals surface area (Å²) in [5, 5.41) is 0. The Hall–Kier alpha value is -1.00. The Morgan fingerprint density at radius 2 is 2.06 bits per heavy atom. The molecule has 0 bridgehead atoms. The molecule has 2 nitrogen and oxygen atoms in total. The van der Waals surface area contributed by atoms with Gasteiger partial charge in [-0.25, -0.2) is 4.99 Å². The molecule has 0 saturated carbocycles. The lowest BCUT2D eigenvalue weighted by molar-refractivity contribution is 0.0999. The number of carbonyl (C=O) groups is 1. The van der Waals surface area contributed by atoms with Crippen LogP contribution in [-0.4, -0.2) is 11.6 Å². The zero-order valence-corrected chi connectivity index (χ0v) is 11.8. The number of nitrogens with zero attached hydrogens (tertiary/aromatic N) is 1. The number of halogens is 2. The van der Waals surface area contributed by atoms with E-state index in [0.29, 0.717) is 5.56 Å². The average molecular weight is 353 g/mol. The van der Waals surface area contributed by atoms with Crippen LogP contribution in [0.5, 0.6) is 0 Å². The normalized spacial score (nSPS) is 21.5. The molecule has 0 saturated heterocycles. The molecule has 0 fully saturated rings. The van der Waals surface area contributed by atoms with Crippen molar-refractivity contribution in [2.24, 2.45) is 4.99 Å². The Labute approximate surface area is 115 Å². The fraction of sp³-hybridized carbons (Fsp3) is 0.0769. The van der Waals surface area contributed by atoms with Crippen LogP contribution < -0.4 is 0 Å². The molecule has 1 aliphatic heterocycles. The minimum Gasteiger partial charge on any atom is -0.267 e. The fourth-order valence-electron chi connectivity index (χ4n) is 2.09. The first-order valence-electron chi connectivity index (χ1n) is 5.13. The van der Waals surface area contributed by atoms with Crippen molar-refractivity contribution in [2.75, 3.05) is 0 Å². The van der Waals surface area contributed by atoms with Crippen LogP contribution in [0.2, 0.25) is 0 Å². The van der Waals surface area contributed by atoms with Gasteiger partial charge in [-0.15, -0.1) is 0 Å². The highest BCUT2D eigenvalue weighted by atomic mass is 79.9. The number of amides is 1. The van der Waals surface area contributed by atoms with E-state index in [1.807, 2.05) is 30.4 Å². The SMILES string of the molecule is O=C1N=C2C=C(Br)C=CC2c2ccc(Br)cc21. The van der Waals surface area contributed by atoms with Crippen molar-refractivity contribution in [3.8, 4) is 0 Å². The quantitative estimate of drug-likeness (QED) is 0.694. The molecule has 1 aromatic carbocycles. The summed E-state index contributed by atoms with van der Waals surface area (Å²) in [5.74, 6) is -0.0727. The second kappa shape index (κ2) is 4.03. The van der Waals surface area contributed by atoms with Crippen LogP contribution in [0.15, 0.2) is 50.4 Å². The molecule has 1 aliphatic carbocycles. The van der Waals surface area contributed by atoms with Gasteiger partial charge >= 0.3 is 0 Å². The van der Waals surface area contributed by atoms with Crippen LogP contribution in [0.1, 0.15) is 21.8 Å². The molecule has 3 rings (SSSR count). The molecule has 1 heterocycles. The van der Waals surface area contributed by atoms with E-state index in [1.54, 1.807) is 0 Å². The molecule has 1 atom stereocenters. The zero-order chi connectivity index (χ0) is 12.0. The minimum absolute atomic E-state index is 0.0945. The smallest absolute Gasteiger partial charge is 0.267 e. The van der Waals surface area contributed by atoms with Gasteiger partial charge in [-0.05, 0) is 23.8 Å². The third-order valence-electron chi connectivity index (χ3n) is 2.86. The number of aliphatic imine (C=N–C) groups is 1. The van der Waals surface area contributed by atoms with Gasteiger partial charge in [0.1, 0.15) is 0 Å². The Morgan fingerprint density at radius 1 is 1.24 bits per heavy atom. The third kappa shape index (κ3) is 1.85. The first-order chi connectivity index (χ1) is 8.15. The van der Waals surface area contributed by atoms with E-state index in [0.717, 1.165) is 20.2 Å². The second-order valence-electron chi connectivity index (χ2n) is 3.94. The van der Waals surface area contributed by atoms with Crippen LogP contribution in [-0.2, 0) is 0 Å². The van der Waals surface area contributed by atoms with Crippen molar-refractivity contribution in [1.29, 1.82) is 0 Å². The van der Waals surface area contributed by atoms with Crippen molar-refractivity contribution < 1.29 is 4.79 Å². The van der Waals surface area contributed by atoms with Crippen LogP contribution in [0.25, 0.3) is 0 Å². The highest BCUT2D eigenvalue weighted by Gasteiger charge is 2.28. The highest BCUT2D eigenvalue weighted by Crippen LogP contribution is 2.34. The first-order valence-corrected chi connectivity index (χ1v) is 6.71. The molecule has 84 valence electrons. The first kappa shape index (κ1) is 11.1. The number of hydrogen-bond donors (Lipinski definition) is 0. The summed E-state index contributed by atoms with van der Waals surface area (Å²) in [5.41, 5.74) is 2.51. The van der Waals surface area contributed by atoms with Crippen molar-refractivity contribution in [1.82, 2.24) is 0 Å². The van der Waals surface area contributed by atoms with Gasteiger partial charge < -0.3 is 0 Å². The summed E-state index contributed by atoms with van der Waals surface area (Å²) in [6.07, 6.45) is 5.95. The van der Waals surface area contributed by atoms with Gasteiger partial charge in [0.05, 0.1) is 5.71 Å². The number of rotatable bonds is 0. The predicted octanol–water partition coefficient (Wildman–Crippen LogP) is 3.98. The Balaban J connectivity index is 2.20. The Kier molecular flexibility index (Phi) is 2.64. The van der Waals surface area contributed by atoms with E-state index >= 15 is 0 Å². The lowest BCUT2D eigenvalue weighted by atomic mass is 9.85. The molecule has 4 heteroatoms. The number of benzene rings is 1. The molecule has 0 aromatic heterocycles. The van der Waals surface area contributed by atoms with Crippen molar-refractivity contribution in [3.05, 3.63) is 56.5 Å². The third-order valence-corrected chi connectivity index (χ3v) is 3.85. The van der Waals surface area contributed by atoms with Crippen molar-refractivity contribution in [3.63, 3.8) is 0 Å². The van der Waals surface area contributed by atoms with E-state index < -0.39 is 0 Å². The van der Waals surface area contributed by atoms with Crippen molar-refractivity contribution >= 4 is 43.5 Å². The van der Waals surface area contributed by atoms with E-state index in [1.165, 1.54) is 0 Å². The van der Waals surface area contributed by atoms with E-state index in [9.17, 15) is 4.79 Å². The minimum atomic E-state index is -0.167. The van der Waals surface area contributed by atoms with E-state index in [2.05, 4.69) is 42.9 Å². The molecule has 0 radical (unpaired) electrons. The molecule has 1 unspecified atom stereocenters. The summed E-state index contributed by atoms with van der Waals surface area (Å²) in [7, 11) is 0. The van der Waals surface area contributed by atoms with Crippen molar-refractivity contribution in [2.45, 2.75) is 5.92 Å². The molecular formula is C13H7Br2NO. The van der Waals surface area contributed by atoms with E-state index in [4.69, 9.17) is 0 Å². The molecule has 0 spiro atoms. The molecule has 0 N–H and O–H groups in total. The van der Waals surface area contributed by atoms with Crippen LogP contribution >= 0.6 is 31.9 Å². The maximum Gasteiger partial charge on any atom is 0.277 e. The Bertz CT molecular complexity index is 614. The lowest BCUT2D eigenvalue weighted by Gasteiger charge is -2.23. The lowest BCUT2D eigenvalue weighted by Crippen LogP contribution is -2.21. The van der Waals surface area contributed by atoms with Gasteiger partial charge in [0.2, 0.25) is 0 Å². The standard InChI is InChI=1S/C13H7Br2NO/c14-7-1-3-9-10-4-2-8(15)6-12(10)16-13(17)11(9)5-7/h1-6,10H. The summed E-state index contributed by atoms with van der Waals surface area (Å²) in [6.45, 7) is 0. The zero-order valence-electron chi connectivity index (χ0n) is 8.65. The molecule has 17 heavy (non-hydrogen) atoms. The summed E-state index contributed by atoms with van der Waals surface area (Å²) in [6, 6.07) is 5.77. The Morgan fingerprint density at radius 3 is 2.88 bits per heavy atom. The summed E-state index contributed by atoms with van der Waals surface area (Å²) >= 11 is 6.77. The fourth-order valence-corrected chi connectivity index (χ4v) is 2.84. The maximum absolute atomic E-state index is 11.9. The molecule has 2 aliphatic rings. The monoisotopic (exact) mass is 351 g/mol. The van der Waals surface area contributed by atoms with Gasteiger partial charge in [-0.3, -0.25) is 4.79 Å². The molecule has 1 amide bonds. The second-order valence-corrected chi connectivity index (χ2v) is 5.77. The van der Waals surface area contributed by atoms with E-state index in [-0.39, 0.29) is 11.8 Å². The number of allylic oxidation sites excluding steroid dienone is 4. The van der Waals surface area contributed by atoms with Gasteiger partial charge in [-0.2, -0.15) is 0 Å². The largest absolute Gasteiger partial charge is 0.277 e. The molecular weight excluding hydrogens is 346 g/mol. The topological polar surface area (TPSA) is 29.4 Å². The number of hydrogen-bond acceptors (Lipinski definition) is 1. The summed E-state index contributed by atoms with van der Waals surface area (Å²) in [4.78, 5) is 16.1. The number of fused-ring (bicyclic) bond motifs is 3. The van der Waals surface area contributed by atoms with Crippen LogP contribution in [0, 0.1) is 0 Å². The van der Waals surface area contributed by atoms with Gasteiger partial charge in [-0.1, -0.05) is 50.1 Å². The average Bonchev–Trinajstić information content (AvgIpc) is 2.29. The van der Waals surface area contributed by atoms with Crippen LogP contribution in [0.4, 0.5) is 0 Å². The van der Waals surface area contributed by atoms with Crippen LogP contribution in [0.3, 0.4) is 0 Å². The highest BCUT2D eigenvalue weighted by molar-refractivity contribution is 9.12. The molecule has 1 aromatic rings. The predicted molar refractivity (Wildman–Crippen MR) is 74.8 cm³/mol. The number of carbonyl (C=O) groups excluding carboxylic acids is 1. The van der Waals surface area contributed by atoms with Gasteiger partial charge in [0.25, 0.3) is 5.91 Å². The van der Waals surface area contributed by atoms with Gasteiger partial charge in [0, 0.05) is 20.4 Å².